The smallest absolute Gasteiger partial charge is 0.0899 e. The average Bonchev–Trinajstić information content (AvgIpc) is 1.98. The highest BCUT2D eigenvalue weighted by Crippen LogP contribution is 1.94. The molecule has 0 rings (SSSR count). The maximum Gasteiger partial charge on any atom is 0.0899 e. The van der Waals surface area contributed by atoms with Gasteiger partial charge in [-0.1, -0.05) is 12.2 Å². The molecule has 3 nitrogen and oxygen atoms in total. The molecule has 0 aliphatic heterocycles. The van der Waals surface area contributed by atoms with Crippen LogP contribution in [-0.2, 0) is 4.74 Å². The Hall–Kier alpha value is -0.190. The topological polar surface area (TPSA) is 38.5 Å². The van der Waals surface area contributed by atoms with Crippen molar-refractivity contribution in [3.63, 3.8) is 0 Å². The molecule has 0 spiro atoms. The Bertz CT molecular complexity index is 130. The highest BCUT2D eigenvalue weighted by molar-refractivity contribution is 7.80. The first-order chi connectivity index (χ1) is 5.09. The van der Waals surface area contributed by atoms with E-state index in [0.29, 0.717) is 11.6 Å². The van der Waals surface area contributed by atoms with Gasteiger partial charge in [-0.25, -0.2) is 0 Å². The molecule has 0 aliphatic rings. The quantitative estimate of drug-likeness (QED) is 0.609. The van der Waals surface area contributed by atoms with Gasteiger partial charge in [0.2, 0.25) is 0 Å². The monoisotopic (exact) mass is 176 g/mol. The zero-order valence-corrected chi connectivity index (χ0v) is 8.15. The van der Waals surface area contributed by atoms with E-state index >= 15 is 0 Å². The highest BCUT2D eigenvalue weighted by atomic mass is 32.1. The Morgan fingerprint density at radius 1 is 1.73 bits per heavy atom. The zero-order chi connectivity index (χ0) is 8.85. The molecular formula is C7H16N2OS. The molecular weight excluding hydrogens is 160 g/mol. The Morgan fingerprint density at radius 2 is 2.27 bits per heavy atom. The Kier molecular flexibility index (Phi) is 5.36. The molecule has 0 aromatic carbocycles. The third kappa shape index (κ3) is 4.29. The number of ether oxygens (including phenoxy) is 1. The van der Waals surface area contributed by atoms with E-state index in [-0.39, 0.29) is 6.04 Å². The molecule has 0 aliphatic carbocycles. The molecule has 0 bridgehead atoms. The molecule has 1 unspecified atom stereocenters. The van der Waals surface area contributed by atoms with Crippen LogP contribution in [0.2, 0.25) is 0 Å². The van der Waals surface area contributed by atoms with E-state index in [0.717, 1.165) is 6.54 Å². The first kappa shape index (κ1) is 10.8. The third-order valence-corrected chi connectivity index (χ3v) is 2.06. The summed E-state index contributed by atoms with van der Waals surface area (Å²) >= 11 is 4.84. The molecule has 11 heavy (non-hydrogen) atoms. The first-order valence-corrected chi connectivity index (χ1v) is 3.99. The van der Waals surface area contributed by atoms with Gasteiger partial charge >= 0.3 is 0 Å². The SMILES string of the molecule is COCCN(C)C(C)C(N)=S. The maximum absolute atomic E-state index is 5.46. The largest absolute Gasteiger partial charge is 0.392 e. The number of methoxy groups -OCH3 is 1. The van der Waals surface area contributed by atoms with Gasteiger partial charge in [0.15, 0.2) is 0 Å². The second kappa shape index (κ2) is 5.46. The van der Waals surface area contributed by atoms with Gasteiger partial charge in [0.05, 0.1) is 17.6 Å². The van der Waals surface area contributed by atoms with Crippen molar-refractivity contribution < 1.29 is 4.74 Å². The molecule has 0 aromatic heterocycles. The van der Waals surface area contributed by atoms with Gasteiger partial charge in [-0.2, -0.15) is 0 Å². The lowest BCUT2D eigenvalue weighted by Crippen LogP contribution is -2.40. The molecule has 4 heteroatoms. The van der Waals surface area contributed by atoms with Crippen molar-refractivity contribution in [3.05, 3.63) is 0 Å². The summed E-state index contributed by atoms with van der Waals surface area (Å²) in [5.41, 5.74) is 5.46. The standard InChI is InChI=1S/C7H16N2OS/c1-6(7(8)11)9(2)4-5-10-3/h6H,4-5H2,1-3H3,(H2,8,11). The van der Waals surface area contributed by atoms with Crippen molar-refractivity contribution >= 4 is 17.2 Å². The molecule has 0 radical (unpaired) electrons. The van der Waals surface area contributed by atoms with E-state index in [1.807, 2.05) is 14.0 Å². The summed E-state index contributed by atoms with van der Waals surface area (Å²) in [6, 6.07) is 0.153. The second-order valence-corrected chi connectivity index (χ2v) is 3.02. The molecule has 0 fully saturated rings. The number of thiocarbonyl (C=S) groups is 1. The van der Waals surface area contributed by atoms with Crippen molar-refractivity contribution in [2.75, 3.05) is 27.3 Å². The van der Waals surface area contributed by atoms with Crippen LogP contribution in [-0.4, -0.2) is 43.2 Å². The van der Waals surface area contributed by atoms with Crippen LogP contribution in [0.3, 0.4) is 0 Å². The minimum absolute atomic E-state index is 0.153. The lowest BCUT2D eigenvalue weighted by atomic mass is 10.3. The van der Waals surface area contributed by atoms with E-state index in [4.69, 9.17) is 22.7 Å². The van der Waals surface area contributed by atoms with E-state index in [1.165, 1.54) is 0 Å². The Morgan fingerprint density at radius 3 is 2.64 bits per heavy atom. The van der Waals surface area contributed by atoms with Crippen LogP contribution in [0.4, 0.5) is 0 Å². The molecule has 0 saturated carbocycles. The first-order valence-electron chi connectivity index (χ1n) is 3.58. The number of nitrogens with two attached hydrogens (primary N) is 1. The molecule has 66 valence electrons. The van der Waals surface area contributed by atoms with Crippen LogP contribution in [0.15, 0.2) is 0 Å². The predicted molar refractivity (Wildman–Crippen MR) is 50.8 cm³/mol. The number of likely N-dealkylation sites (N-methyl/N-ethyl adjacent to an activating group) is 1. The summed E-state index contributed by atoms with van der Waals surface area (Å²) in [4.78, 5) is 2.59. The van der Waals surface area contributed by atoms with Gasteiger partial charge in [-0.3, -0.25) is 4.90 Å². The summed E-state index contributed by atoms with van der Waals surface area (Å²) in [5, 5.41) is 0. The second-order valence-electron chi connectivity index (χ2n) is 2.55. The van der Waals surface area contributed by atoms with Crippen LogP contribution in [0.1, 0.15) is 6.92 Å². The predicted octanol–water partition coefficient (Wildman–Crippen LogP) is 0.239. The summed E-state index contributed by atoms with van der Waals surface area (Å²) < 4.78 is 4.92. The molecule has 2 N–H and O–H groups in total. The van der Waals surface area contributed by atoms with Crippen LogP contribution >= 0.6 is 12.2 Å². The molecule has 0 aromatic rings. The van der Waals surface area contributed by atoms with Crippen molar-refractivity contribution in [3.8, 4) is 0 Å². The van der Waals surface area contributed by atoms with Gasteiger partial charge < -0.3 is 10.5 Å². The molecule has 0 heterocycles. The number of hydrogen-bond acceptors (Lipinski definition) is 3. The molecule has 0 amide bonds. The zero-order valence-electron chi connectivity index (χ0n) is 7.33. The van der Waals surface area contributed by atoms with E-state index in [2.05, 4.69) is 4.90 Å². The van der Waals surface area contributed by atoms with Crippen molar-refractivity contribution in [2.45, 2.75) is 13.0 Å². The minimum atomic E-state index is 0.153. The number of rotatable bonds is 5. The highest BCUT2D eigenvalue weighted by Gasteiger charge is 2.10. The van der Waals surface area contributed by atoms with E-state index in [9.17, 15) is 0 Å². The summed E-state index contributed by atoms with van der Waals surface area (Å²) in [7, 11) is 3.65. The fourth-order valence-electron chi connectivity index (χ4n) is 0.646. The van der Waals surface area contributed by atoms with Gasteiger partial charge in [-0.05, 0) is 14.0 Å². The number of hydrogen-bond donors (Lipinski definition) is 1. The normalized spacial score (nSPS) is 13.5. The van der Waals surface area contributed by atoms with Crippen molar-refractivity contribution in [2.24, 2.45) is 5.73 Å². The van der Waals surface area contributed by atoms with Gasteiger partial charge in [0.25, 0.3) is 0 Å². The summed E-state index contributed by atoms with van der Waals surface area (Å²) in [6.45, 7) is 3.55. The van der Waals surface area contributed by atoms with E-state index < -0.39 is 0 Å². The lowest BCUT2D eigenvalue weighted by Gasteiger charge is -2.22. The van der Waals surface area contributed by atoms with Crippen LogP contribution in [0, 0.1) is 0 Å². The fraction of sp³-hybridized carbons (Fsp3) is 0.857. The Balaban J connectivity index is 3.63. The Labute approximate surface area is 73.5 Å². The van der Waals surface area contributed by atoms with Crippen molar-refractivity contribution in [1.29, 1.82) is 0 Å². The van der Waals surface area contributed by atoms with Crippen LogP contribution < -0.4 is 5.73 Å². The van der Waals surface area contributed by atoms with Crippen molar-refractivity contribution in [1.82, 2.24) is 4.90 Å². The minimum Gasteiger partial charge on any atom is -0.392 e. The van der Waals surface area contributed by atoms with E-state index in [1.54, 1.807) is 7.11 Å². The maximum atomic E-state index is 5.46. The third-order valence-electron chi connectivity index (χ3n) is 1.72. The van der Waals surface area contributed by atoms with Gasteiger partial charge in [0, 0.05) is 13.7 Å². The molecule has 1 atom stereocenters. The average molecular weight is 176 g/mol. The molecule has 0 saturated heterocycles. The summed E-state index contributed by atoms with van der Waals surface area (Å²) in [6.07, 6.45) is 0. The van der Waals surface area contributed by atoms with Crippen LogP contribution in [0.5, 0.6) is 0 Å². The number of nitrogens with zero attached hydrogens (tertiary/aromatic N) is 1. The van der Waals surface area contributed by atoms with Gasteiger partial charge in [-0.15, -0.1) is 0 Å². The van der Waals surface area contributed by atoms with Crippen LogP contribution in [0.25, 0.3) is 0 Å². The van der Waals surface area contributed by atoms with Gasteiger partial charge in [0.1, 0.15) is 0 Å². The fourth-order valence-corrected chi connectivity index (χ4v) is 0.826. The summed E-state index contributed by atoms with van der Waals surface area (Å²) in [5.74, 6) is 0. The lowest BCUT2D eigenvalue weighted by molar-refractivity contribution is 0.156.